The third-order valence-electron chi connectivity index (χ3n) is 6.68. The van der Waals surface area contributed by atoms with Gasteiger partial charge in [-0.25, -0.2) is 4.39 Å². The van der Waals surface area contributed by atoms with Crippen molar-refractivity contribution in [2.75, 3.05) is 0 Å². The molecule has 188 valence electrons. The minimum absolute atomic E-state index is 0.364. The fourth-order valence-electron chi connectivity index (χ4n) is 4.67. The van der Waals surface area contributed by atoms with Gasteiger partial charge in [0.15, 0.2) is 11.6 Å². The summed E-state index contributed by atoms with van der Waals surface area (Å²) in [5.41, 5.74) is 0.626. The smallest absolute Gasteiger partial charge is 0.426 e. The number of hydrogen-bond donors (Lipinski definition) is 0. The van der Waals surface area contributed by atoms with Gasteiger partial charge in [0.1, 0.15) is 5.75 Å². The average molecular weight is 485 g/mol. The van der Waals surface area contributed by atoms with E-state index in [1.165, 1.54) is 63.5 Å². The van der Waals surface area contributed by atoms with E-state index in [1.54, 1.807) is 12.1 Å². The maximum absolute atomic E-state index is 14.5. The van der Waals surface area contributed by atoms with Gasteiger partial charge in [-0.05, 0) is 54.5 Å². The molecule has 0 amide bonds. The van der Waals surface area contributed by atoms with E-state index in [0.29, 0.717) is 12.0 Å². The predicted molar refractivity (Wildman–Crippen MR) is 122 cm³/mol. The molecule has 0 aliphatic heterocycles. The predicted octanol–water partition coefficient (Wildman–Crippen LogP) is 8.87. The first-order valence-corrected chi connectivity index (χ1v) is 12.2. The van der Waals surface area contributed by atoms with Crippen molar-refractivity contribution in [3.05, 3.63) is 59.4 Å². The second-order valence-corrected chi connectivity index (χ2v) is 9.21. The summed E-state index contributed by atoms with van der Waals surface area (Å²) < 4.78 is 75.9. The van der Waals surface area contributed by atoms with Gasteiger partial charge in [-0.1, -0.05) is 70.4 Å². The van der Waals surface area contributed by atoms with Crippen molar-refractivity contribution in [1.29, 1.82) is 0 Å². The van der Waals surface area contributed by atoms with Crippen LogP contribution in [-0.4, -0.2) is 6.61 Å². The molecule has 0 bridgehead atoms. The minimum atomic E-state index is -3.70. The maximum atomic E-state index is 14.5. The van der Waals surface area contributed by atoms with Crippen LogP contribution in [-0.2, 0) is 12.5 Å². The highest BCUT2D eigenvalue weighted by Crippen LogP contribution is 2.36. The summed E-state index contributed by atoms with van der Waals surface area (Å²) >= 11 is 0. The quantitative estimate of drug-likeness (QED) is 0.221. The Hall–Kier alpha value is -2.31. The lowest BCUT2D eigenvalue weighted by molar-refractivity contribution is -0.185. The normalized spacial score (nSPS) is 18.8. The summed E-state index contributed by atoms with van der Waals surface area (Å²) in [6.45, 7) is -0.986. The second-order valence-electron chi connectivity index (χ2n) is 9.21. The summed E-state index contributed by atoms with van der Waals surface area (Å²) in [6, 6.07) is 8.34. The topological polar surface area (TPSA) is 18.5 Å². The Labute approximate surface area is 198 Å². The number of rotatable bonds is 12. The van der Waals surface area contributed by atoms with Gasteiger partial charge in [0.25, 0.3) is 0 Å². The van der Waals surface area contributed by atoms with Gasteiger partial charge in [-0.3, -0.25) is 0 Å². The highest BCUT2D eigenvalue weighted by Gasteiger charge is 2.34. The van der Waals surface area contributed by atoms with Crippen LogP contribution in [0.3, 0.4) is 0 Å². The van der Waals surface area contributed by atoms with E-state index in [4.69, 9.17) is 0 Å². The Morgan fingerprint density at radius 2 is 1.56 bits per heavy atom. The van der Waals surface area contributed by atoms with Crippen LogP contribution in [0.1, 0.15) is 75.8 Å². The Morgan fingerprint density at radius 1 is 0.912 bits per heavy atom. The van der Waals surface area contributed by atoms with Crippen LogP contribution < -0.4 is 9.47 Å². The van der Waals surface area contributed by atoms with Crippen LogP contribution >= 0.6 is 0 Å². The number of ether oxygens (including phenoxy) is 2. The van der Waals surface area contributed by atoms with Crippen molar-refractivity contribution in [2.45, 2.75) is 83.9 Å². The number of unbranched alkanes of at least 4 members (excludes halogenated alkanes) is 2. The molecule has 1 aliphatic rings. The number of halogens is 5. The van der Waals surface area contributed by atoms with E-state index in [9.17, 15) is 22.0 Å². The Balaban J connectivity index is 1.48. The molecule has 0 aromatic heterocycles. The molecule has 7 heteroatoms. The third kappa shape index (κ3) is 7.88. The molecule has 1 aliphatic carbocycles. The molecule has 2 nitrogen and oxygen atoms in total. The Bertz CT molecular complexity index is 877. The van der Waals surface area contributed by atoms with Gasteiger partial charge < -0.3 is 9.47 Å². The zero-order valence-corrected chi connectivity index (χ0v) is 19.6. The molecule has 0 heterocycles. The zero-order valence-electron chi connectivity index (χ0n) is 19.6. The monoisotopic (exact) mass is 484 g/mol. The lowest BCUT2D eigenvalue weighted by atomic mass is 9.78. The van der Waals surface area contributed by atoms with Crippen molar-refractivity contribution in [3.63, 3.8) is 0 Å². The van der Waals surface area contributed by atoms with E-state index in [1.807, 2.05) is 0 Å². The standard InChI is InChI=1S/C27H33F5O2/c1-2-3-4-5-19-6-8-20(9-7-19)10-11-21-12-14-22(15-13-21)27(31,32)34-23-16-17-25(24(28)18-23)33-26(29)30/h12-20,26H,2-11H2,1H3. The third-order valence-corrected chi connectivity index (χ3v) is 6.68. The van der Waals surface area contributed by atoms with Crippen LogP contribution in [0, 0.1) is 17.7 Å². The second kappa shape index (κ2) is 12.4. The van der Waals surface area contributed by atoms with Crippen LogP contribution in [0.15, 0.2) is 42.5 Å². The maximum Gasteiger partial charge on any atom is 0.426 e. The van der Waals surface area contributed by atoms with E-state index in [0.717, 1.165) is 36.5 Å². The lowest BCUT2D eigenvalue weighted by Gasteiger charge is -2.28. The van der Waals surface area contributed by atoms with Crippen molar-refractivity contribution in [1.82, 2.24) is 0 Å². The average Bonchev–Trinajstić information content (AvgIpc) is 2.80. The van der Waals surface area contributed by atoms with Gasteiger partial charge in [0.2, 0.25) is 0 Å². The van der Waals surface area contributed by atoms with E-state index < -0.39 is 30.0 Å². The molecular formula is C27H33F5O2. The minimum Gasteiger partial charge on any atom is -0.432 e. The van der Waals surface area contributed by atoms with Crippen molar-refractivity contribution in [3.8, 4) is 11.5 Å². The van der Waals surface area contributed by atoms with E-state index >= 15 is 0 Å². The van der Waals surface area contributed by atoms with Gasteiger partial charge in [-0.15, -0.1) is 0 Å². The molecule has 0 atom stereocenters. The molecule has 34 heavy (non-hydrogen) atoms. The van der Waals surface area contributed by atoms with Crippen molar-refractivity contribution >= 4 is 0 Å². The van der Waals surface area contributed by atoms with Crippen LogP contribution in [0.25, 0.3) is 0 Å². The molecule has 1 fully saturated rings. The van der Waals surface area contributed by atoms with E-state index in [2.05, 4.69) is 16.4 Å². The number of hydrogen-bond acceptors (Lipinski definition) is 2. The molecule has 3 rings (SSSR count). The largest absolute Gasteiger partial charge is 0.432 e. The zero-order chi connectivity index (χ0) is 24.6. The molecule has 1 saturated carbocycles. The molecule has 0 spiro atoms. The first-order valence-electron chi connectivity index (χ1n) is 12.2. The molecule has 0 N–H and O–H groups in total. The summed E-state index contributed by atoms with van der Waals surface area (Å²) in [5, 5.41) is 0. The molecule has 0 radical (unpaired) electrons. The van der Waals surface area contributed by atoms with Gasteiger partial charge in [-0.2, -0.15) is 17.6 Å². The summed E-state index contributed by atoms with van der Waals surface area (Å²) in [6.07, 6.45) is 8.55. The highest BCUT2D eigenvalue weighted by molar-refractivity contribution is 5.34. The molecule has 0 unspecified atom stereocenters. The van der Waals surface area contributed by atoms with Crippen LogP contribution in [0.5, 0.6) is 11.5 Å². The summed E-state index contributed by atoms with van der Waals surface area (Å²) in [5.74, 6) is -0.873. The number of alkyl halides is 4. The molecule has 0 saturated heterocycles. The molecular weight excluding hydrogens is 451 g/mol. The highest BCUT2D eigenvalue weighted by atomic mass is 19.3. The fourth-order valence-corrected chi connectivity index (χ4v) is 4.67. The van der Waals surface area contributed by atoms with E-state index in [-0.39, 0.29) is 5.56 Å². The number of benzene rings is 2. The molecule has 2 aromatic carbocycles. The fraction of sp³-hybridized carbons (Fsp3) is 0.556. The van der Waals surface area contributed by atoms with Gasteiger partial charge >= 0.3 is 12.7 Å². The van der Waals surface area contributed by atoms with Crippen LogP contribution in [0.2, 0.25) is 0 Å². The van der Waals surface area contributed by atoms with Crippen LogP contribution in [0.4, 0.5) is 22.0 Å². The number of aryl methyl sites for hydroxylation is 1. The van der Waals surface area contributed by atoms with Gasteiger partial charge in [0, 0.05) is 6.07 Å². The van der Waals surface area contributed by atoms with Gasteiger partial charge in [0.05, 0.1) is 5.56 Å². The SMILES string of the molecule is CCCCCC1CCC(CCc2ccc(C(F)(F)Oc3ccc(OC(F)F)c(F)c3)cc2)CC1. The Morgan fingerprint density at radius 3 is 2.15 bits per heavy atom. The first-order chi connectivity index (χ1) is 16.3. The molecule has 2 aromatic rings. The Kier molecular flexibility index (Phi) is 9.60. The summed E-state index contributed by atoms with van der Waals surface area (Å²) in [4.78, 5) is 0. The summed E-state index contributed by atoms with van der Waals surface area (Å²) in [7, 11) is 0. The lowest BCUT2D eigenvalue weighted by Crippen LogP contribution is -2.22. The first kappa shape index (κ1) is 26.3. The van der Waals surface area contributed by atoms with Crippen molar-refractivity contribution < 1.29 is 31.4 Å². The van der Waals surface area contributed by atoms with Crippen molar-refractivity contribution in [2.24, 2.45) is 11.8 Å².